The minimum absolute atomic E-state index is 0. The Labute approximate surface area is 123 Å². The Morgan fingerprint density at radius 3 is 2.21 bits per heavy atom. The molecule has 0 unspecified atom stereocenters. The molecule has 0 aliphatic carbocycles. The van der Waals surface area contributed by atoms with Gasteiger partial charge in [0.05, 0.1) is 0 Å². The first kappa shape index (κ1) is 17.5. The maximum atomic E-state index is 4.88. The van der Waals surface area contributed by atoms with Crippen molar-refractivity contribution >= 4 is 71.0 Å². The van der Waals surface area contributed by atoms with Crippen molar-refractivity contribution < 1.29 is 17.1 Å². The molecule has 0 amide bonds. The van der Waals surface area contributed by atoms with Gasteiger partial charge in [0.1, 0.15) is 0 Å². The van der Waals surface area contributed by atoms with Crippen LogP contribution in [0.15, 0.2) is 0 Å². The van der Waals surface area contributed by atoms with Crippen LogP contribution >= 0.6 is 37.1 Å². The van der Waals surface area contributed by atoms with E-state index in [-0.39, 0.29) is 17.1 Å². The average Bonchev–Trinajstić information content (AvgIpc) is 2.02. The quantitative estimate of drug-likeness (QED) is 0.328. The zero-order valence-corrected chi connectivity index (χ0v) is 12.6. The Morgan fingerprint density at radius 2 is 1.86 bits per heavy atom. The van der Waals surface area contributed by atoms with Gasteiger partial charge in [-0.05, 0) is 0 Å². The van der Waals surface area contributed by atoms with E-state index >= 15 is 0 Å². The van der Waals surface area contributed by atoms with E-state index in [0.717, 1.165) is 18.8 Å². The zero-order chi connectivity index (χ0) is 10.3. The summed E-state index contributed by atoms with van der Waals surface area (Å²) in [6, 6.07) is 0. The van der Waals surface area contributed by atoms with Gasteiger partial charge in [-0.1, -0.05) is 8.64 Å². The van der Waals surface area contributed by atoms with Crippen molar-refractivity contribution in [3.05, 3.63) is 0 Å². The van der Waals surface area contributed by atoms with Gasteiger partial charge in [0.2, 0.25) is 0 Å². The van der Waals surface area contributed by atoms with Gasteiger partial charge in [-0.3, -0.25) is 0 Å². The van der Waals surface area contributed by atoms with E-state index in [2.05, 4.69) is 42.8 Å². The van der Waals surface area contributed by atoms with Crippen LogP contribution in [0.25, 0.3) is 0 Å². The van der Waals surface area contributed by atoms with Crippen LogP contribution in [0.5, 0.6) is 0 Å². The molecule has 0 aromatic heterocycles. The van der Waals surface area contributed by atoms with Crippen molar-refractivity contribution in [2.75, 3.05) is 25.4 Å². The third-order valence-electron chi connectivity index (χ3n) is 1.28. The maximum absolute atomic E-state index is 4.88. The minimum Gasteiger partial charge on any atom is -0.412 e. The molecule has 0 aromatic carbocycles. The van der Waals surface area contributed by atoms with Crippen LogP contribution in [0.3, 0.4) is 0 Å². The average molecular weight is 325 g/mol. The fraction of sp³-hybridized carbons (Fsp3) is 0.667. The second-order valence-corrected chi connectivity index (χ2v) is 4.74. The van der Waals surface area contributed by atoms with Crippen LogP contribution < -0.4 is 5.32 Å². The van der Waals surface area contributed by atoms with Crippen LogP contribution in [0.2, 0.25) is 0 Å². The summed E-state index contributed by atoms with van der Waals surface area (Å²) in [5.74, 6) is 0.731. The fourth-order valence-electron chi connectivity index (χ4n) is 0.708. The van der Waals surface area contributed by atoms with E-state index in [0.29, 0.717) is 15.2 Å². The SMILES string of the molecule is S=C([S-])NCCN(CCS)C(=S)[S-].[Mn+2]. The van der Waals surface area contributed by atoms with Gasteiger partial charge >= 0.3 is 17.1 Å². The Bertz CT molecular complexity index is 189. The van der Waals surface area contributed by atoms with E-state index < -0.39 is 0 Å². The minimum atomic E-state index is 0. The predicted octanol–water partition coefficient (Wildman–Crippen LogP) is 0.469. The van der Waals surface area contributed by atoms with Crippen LogP contribution in [0.1, 0.15) is 0 Å². The first-order valence-corrected chi connectivity index (χ1v) is 5.86. The third-order valence-corrected chi connectivity index (χ3v) is 2.28. The molecule has 0 heterocycles. The molecule has 0 rings (SSSR count). The summed E-state index contributed by atoms with van der Waals surface area (Å²) in [4.78, 5) is 1.89. The molecule has 0 spiro atoms. The maximum Gasteiger partial charge on any atom is 2.00 e. The molecule has 1 N–H and O–H groups in total. The zero-order valence-electron chi connectivity index (χ0n) is 7.23. The monoisotopic (exact) mass is 325 g/mol. The first-order chi connectivity index (χ1) is 6.07. The number of thiol groups is 1. The van der Waals surface area contributed by atoms with Gasteiger partial charge in [0.15, 0.2) is 0 Å². The summed E-state index contributed by atoms with van der Waals surface area (Å²) in [6.07, 6.45) is 0. The normalized spacial score (nSPS) is 8.64. The molecule has 0 bridgehead atoms. The number of nitrogens with zero attached hydrogens (tertiary/aromatic N) is 1. The smallest absolute Gasteiger partial charge is 0.412 e. The second-order valence-electron chi connectivity index (χ2n) is 2.19. The van der Waals surface area contributed by atoms with E-state index in [9.17, 15) is 0 Å². The van der Waals surface area contributed by atoms with E-state index in [1.165, 1.54) is 0 Å². The van der Waals surface area contributed by atoms with Crippen molar-refractivity contribution in [3.63, 3.8) is 0 Å². The van der Waals surface area contributed by atoms with Crippen molar-refractivity contribution in [3.8, 4) is 0 Å². The van der Waals surface area contributed by atoms with E-state index in [1.807, 2.05) is 4.90 Å². The molecule has 1 radical (unpaired) electrons. The van der Waals surface area contributed by atoms with Gasteiger partial charge in [0, 0.05) is 25.4 Å². The summed E-state index contributed by atoms with van der Waals surface area (Å²) in [5, 5.41) is 2.86. The Morgan fingerprint density at radius 1 is 1.29 bits per heavy atom. The van der Waals surface area contributed by atoms with Crippen LogP contribution in [-0.4, -0.2) is 38.9 Å². The Hall–Kier alpha value is 1.09. The van der Waals surface area contributed by atoms with Crippen molar-refractivity contribution in [1.82, 2.24) is 10.2 Å². The van der Waals surface area contributed by atoms with E-state index in [4.69, 9.17) is 24.8 Å². The van der Waals surface area contributed by atoms with Crippen LogP contribution in [0.4, 0.5) is 0 Å². The molecular formula is C6H10MnN2S5. The molecule has 0 saturated carbocycles. The molecule has 0 aliphatic rings. The van der Waals surface area contributed by atoms with Gasteiger partial charge in [-0.25, -0.2) is 0 Å². The number of hydrogen-bond acceptors (Lipinski definition) is 5. The molecule has 8 heteroatoms. The number of hydrogen-bond donors (Lipinski definition) is 2. The summed E-state index contributed by atoms with van der Waals surface area (Å²) in [5.41, 5.74) is 0. The van der Waals surface area contributed by atoms with Gasteiger partial charge in [-0.15, -0.1) is 0 Å². The molecule has 81 valence electrons. The van der Waals surface area contributed by atoms with Crippen molar-refractivity contribution in [2.45, 2.75) is 0 Å². The molecule has 0 aromatic rings. The third kappa shape index (κ3) is 9.64. The Balaban J connectivity index is 0. The summed E-state index contributed by atoms with van der Waals surface area (Å²) >= 11 is 23.2. The summed E-state index contributed by atoms with van der Waals surface area (Å²) in [7, 11) is 0. The number of thiocarbonyl (C=S) groups is 2. The molecule has 0 atom stereocenters. The summed E-state index contributed by atoms with van der Waals surface area (Å²) in [6.45, 7) is 2.16. The largest absolute Gasteiger partial charge is 2.00 e. The number of nitrogens with one attached hydrogen (secondary N) is 1. The topological polar surface area (TPSA) is 15.3 Å². The molecule has 14 heavy (non-hydrogen) atoms. The number of rotatable bonds is 5. The van der Waals surface area contributed by atoms with Crippen LogP contribution in [0, 0.1) is 0 Å². The Kier molecular flexibility index (Phi) is 13.2. The van der Waals surface area contributed by atoms with Gasteiger partial charge in [-0.2, -0.15) is 12.6 Å². The van der Waals surface area contributed by atoms with Crippen molar-refractivity contribution in [2.24, 2.45) is 0 Å². The van der Waals surface area contributed by atoms with Crippen LogP contribution in [-0.2, 0) is 42.3 Å². The fourth-order valence-corrected chi connectivity index (χ4v) is 1.52. The molecular weight excluding hydrogens is 315 g/mol. The molecule has 0 aliphatic heterocycles. The van der Waals surface area contributed by atoms with Gasteiger partial charge < -0.3 is 59.9 Å². The molecule has 0 saturated heterocycles. The molecule has 0 fully saturated rings. The first-order valence-electron chi connectivity index (χ1n) is 3.59. The summed E-state index contributed by atoms with van der Waals surface area (Å²) < 4.78 is 0.840. The standard InChI is InChI=1S/C6H12N2S5.Mn/c9-4-3-8(6(12)13)2-1-7-5(10)11;/h9H,1-4H2,(H,12,13)(H2,7,10,11);/q;+2/p-2. The second kappa shape index (κ2) is 10.6. The predicted molar refractivity (Wildman–Crippen MR) is 73.4 cm³/mol. The molecule has 2 nitrogen and oxygen atoms in total. The van der Waals surface area contributed by atoms with E-state index in [1.54, 1.807) is 0 Å². The van der Waals surface area contributed by atoms with Crippen molar-refractivity contribution in [1.29, 1.82) is 0 Å². The van der Waals surface area contributed by atoms with Gasteiger partial charge in [0.25, 0.3) is 0 Å².